The summed E-state index contributed by atoms with van der Waals surface area (Å²) in [6.07, 6.45) is 0. The number of halogens is 3. The zero-order chi connectivity index (χ0) is 17.2. The molecule has 9 heteroatoms. The number of esters is 1. The molecule has 0 aliphatic rings. The Morgan fingerprint density at radius 2 is 1.87 bits per heavy atom. The fourth-order valence-electron chi connectivity index (χ4n) is 1.76. The van der Waals surface area contributed by atoms with Crippen LogP contribution in [0.5, 0.6) is 0 Å². The first-order valence-corrected chi connectivity index (χ1v) is 8.35. The standard InChI is InChI=1S/C14H10Cl2FNO4S/c1-22-14(19)9-7-8(5-6-10(9)15)18-23(20,21)12-4-2-3-11(16)13(12)17/h2-7,18H,1H3. The topological polar surface area (TPSA) is 72.5 Å². The van der Waals surface area contributed by atoms with Crippen molar-refractivity contribution in [2.45, 2.75) is 4.90 Å². The molecule has 0 saturated carbocycles. The number of sulfonamides is 1. The summed E-state index contributed by atoms with van der Waals surface area (Å²) in [6.45, 7) is 0. The first-order chi connectivity index (χ1) is 10.8. The number of nitrogens with one attached hydrogen (secondary N) is 1. The van der Waals surface area contributed by atoms with Gasteiger partial charge in [0.05, 0.1) is 22.7 Å². The molecule has 0 aromatic heterocycles. The molecule has 0 bridgehead atoms. The lowest BCUT2D eigenvalue weighted by atomic mass is 10.2. The second-order valence-corrected chi connectivity index (χ2v) is 6.81. The highest BCUT2D eigenvalue weighted by Crippen LogP contribution is 2.26. The molecule has 0 spiro atoms. The molecule has 2 rings (SSSR count). The smallest absolute Gasteiger partial charge is 0.339 e. The van der Waals surface area contributed by atoms with E-state index in [0.29, 0.717) is 0 Å². The highest BCUT2D eigenvalue weighted by atomic mass is 35.5. The van der Waals surface area contributed by atoms with Gasteiger partial charge in [0.25, 0.3) is 10.0 Å². The molecule has 0 fully saturated rings. The van der Waals surface area contributed by atoms with Crippen LogP contribution in [0, 0.1) is 5.82 Å². The van der Waals surface area contributed by atoms with Gasteiger partial charge in [-0.05, 0) is 30.3 Å². The van der Waals surface area contributed by atoms with Gasteiger partial charge >= 0.3 is 5.97 Å². The van der Waals surface area contributed by atoms with E-state index >= 15 is 0 Å². The zero-order valence-electron chi connectivity index (χ0n) is 11.6. The number of benzene rings is 2. The molecule has 2 aromatic rings. The molecular weight excluding hydrogens is 368 g/mol. The van der Waals surface area contributed by atoms with Crippen LogP contribution >= 0.6 is 23.2 Å². The Morgan fingerprint density at radius 1 is 1.17 bits per heavy atom. The van der Waals surface area contributed by atoms with Crippen molar-refractivity contribution in [1.29, 1.82) is 0 Å². The molecule has 0 atom stereocenters. The Balaban J connectivity index is 2.42. The minimum absolute atomic E-state index is 0.0224. The van der Waals surface area contributed by atoms with Gasteiger partial charge in [-0.15, -0.1) is 0 Å². The zero-order valence-corrected chi connectivity index (χ0v) is 14.0. The van der Waals surface area contributed by atoms with E-state index in [9.17, 15) is 17.6 Å². The lowest BCUT2D eigenvalue weighted by Crippen LogP contribution is -2.15. The van der Waals surface area contributed by atoms with Gasteiger partial charge in [-0.3, -0.25) is 4.72 Å². The Morgan fingerprint density at radius 3 is 2.52 bits per heavy atom. The average molecular weight is 378 g/mol. The van der Waals surface area contributed by atoms with Crippen LogP contribution in [0.4, 0.5) is 10.1 Å². The monoisotopic (exact) mass is 377 g/mol. The summed E-state index contributed by atoms with van der Waals surface area (Å²) in [5, 5.41) is -0.229. The van der Waals surface area contributed by atoms with E-state index in [1.807, 2.05) is 0 Å². The summed E-state index contributed by atoms with van der Waals surface area (Å²) in [5.74, 6) is -1.80. The van der Waals surface area contributed by atoms with Gasteiger partial charge in [0.1, 0.15) is 4.90 Å². The van der Waals surface area contributed by atoms with E-state index in [1.54, 1.807) is 0 Å². The molecule has 0 heterocycles. The lowest BCUT2D eigenvalue weighted by molar-refractivity contribution is 0.0601. The van der Waals surface area contributed by atoms with Crippen LogP contribution in [-0.4, -0.2) is 21.5 Å². The maximum absolute atomic E-state index is 13.9. The van der Waals surface area contributed by atoms with Crippen LogP contribution in [0.2, 0.25) is 10.0 Å². The van der Waals surface area contributed by atoms with Crippen molar-refractivity contribution in [1.82, 2.24) is 0 Å². The van der Waals surface area contributed by atoms with Gasteiger partial charge in [0.2, 0.25) is 0 Å². The SMILES string of the molecule is COC(=O)c1cc(NS(=O)(=O)c2cccc(Cl)c2F)ccc1Cl. The summed E-state index contributed by atoms with van der Waals surface area (Å²) in [7, 11) is -3.07. The van der Waals surface area contributed by atoms with E-state index < -0.39 is 26.7 Å². The lowest BCUT2D eigenvalue weighted by Gasteiger charge is -2.11. The van der Waals surface area contributed by atoms with Crippen molar-refractivity contribution < 1.29 is 22.3 Å². The van der Waals surface area contributed by atoms with E-state index in [1.165, 1.54) is 30.3 Å². The largest absolute Gasteiger partial charge is 0.465 e. The molecule has 0 amide bonds. The molecule has 0 aliphatic carbocycles. The first kappa shape index (κ1) is 17.5. The Bertz CT molecular complexity index is 871. The summed E-state index contributed by atoms with van der Waals surface area (Å²) < 4.78 is 45.1. The number of anilines is 1. The number of hydrogen-bond donors (Lipinski definition) is 1. The highest BCUT2D eigenvalue weighted by Gasteiger charge is 2.22. The second-order valence-electron chi connectivity index (χ2n) is 4.34. The number of carbonyl (C=O) groups excluding carboxylic acids is 1. The molecule has 0 unspecified atom stereocenters. The Labute approximate surface area is 142 Å². The van der Waals surface area contributed by atoms with Gasteiger partial charge in [-0.1, -0.05) is 29.3 Å². The minimum atomic E-state index is -4.23. The van der Waals surface area contributed by atoms with E-state index in [2.05, 4.69) is 9.46 Å². The van der Waals surface area contributed by atoms with Crippen LogP contribution in [0.3, 0.4) is 0 Å². The summed E-state index contributed by atoms with van der Waals surface area (Å²) in [4.78, 5) is 10.9. The van der Waals surface area contributed by atoms with Crippen molar-refractivity contribution in [3.63, 3.8) is 0 Å². The van der Waals surface area contributed by atoms with E-state index in [0.717, 1.165) is 13.2 Å². The van der Waals surface area contributed by atoms with E-state index in [4.69, 9.17) is 23.2 Å². The average Bonchev–Trinajstić information content (AvgIpc) is 2.50. The molecule has 5 nitrogen and oxygen atoms in total. The normalized spacial score (nSPS) is 11.1. The third-order valence-electron chi connectivity index (χ3n) is 2.83. The Kier molecular flexibility index (Phi) is 5.13. The Hall–Kier alpha value is -1.83. The fraction of sp³-hybridized carbons (Fsp3) is 0.0714. The summed E-state index contributed by atoms with van der Waals surface area (Å²) in [5.41, 5.74) is -0.00453. The van der Waals surface area contributed by atoms with Crippen molar-refractivity contribution >= 4 is 44.9 Å². The van der Waals surface area contributed by atoms with Crippen molar-refractivity contribution in [2.75, 3.05) is 11.8 Å². The van der Waals surface area contributed by atoms with Crippen LogP contribution in [-0.2, 0) is 14.8 Å². The molecule has 0 saturated heterocycles. The third kappa shape index (κ3) is 3.74. The van der Waals surface area contributed by atoms with Gasteiger partial charge in [-0.2, -0.15) is 0 Å². The van der Waals surface area contributed by atoms with Gasteiger partial charge in [-0.25, -0.2) is 17.6 Å². The first-order valence-electron chi connectivity index (χ1n) is 6.11. The summed E-state index contributed by atoms with van der Waals surface area (Å²) in [6, 6.07) is 7.44. The van der Waals surface area contributed by atoms with Crippen LogP contribution in [0.15, 0.2) is 41.3 Å². The van der Waals surface area contributed by atoms with Gasteiger partial charge in [0.15, 0.2) is 5.82 Å². The quantitative estimate of drug-likeness (QED) is 0.824. The van der Waals surface area contributed by atoms with Gasteiger partial charge < -0.3 is 4.74 Å². The second kappa shape index (κ2) is 6.74. The maximum atomic E-state index is 13.9. The molecular formula is C14H10Cl2FNO4S. The predicted molar refractivity (Wildman–Crippen MR) is 85.0 cm³/mol. The maximum Gasteiger partial charge on any atom is 0.339 e. The molecule has 2 aromatic carbocycles. The number of rotatable bonds is 4. The van der Waals surface area contributed by atoms with Gasteiger partial charge in [0, 0.05) is 5.69 Å². The molecule has 23 heavy (non-hydrogen) atoms. The molecule has 0 radical (unpaired) electrons. The van der Waals surface area contributed by atoms with Crippen molar-refractivity contribution in [3.8, 4) is 0 Å². The van der Waals surface area contributed by atoms with Crippen LogP contribution in [0.1, 0.15) is 10.4 Å². The molecule has 122 valence electrons. The van der Waals surface area contributed by atoms with E-state index in [-0.39, 0.29) is 21.3 Å². The number of hydrogen-bond acceptors (Lipinski definition) is 4. The number of ether oxygens (including phenoxy) is 1. The van der Waals surface area contributed by atoms with Crippen molar-refractivity contribution in [3.05, 3.63) is 57.8 Å². The fourth-order valence-corrected chi connectivity index (χ4v) is 3.33. The molecule has 0 aliphatic heterocycles. The van der Waals surface area contributed by atoms with Crippen molar-refractivity contribution in [2.24, 2.45) is 0 Å². The van der Waals surface area contributed by atoms with Crippen LogP contribution < -0.4 is 4.72 Å². The molecule has 1 N–H and O–H groups in total. The van der Waals surface area contributed by atoms with Crippen LogP contribution in [0.25, 0.3) is 0 Å². The number of methoxy groups -OCH3 is 1. The number of carbonyl (C=O) groups is 1. The minimum Gasteiger partial charge on any atom is -0.465 e. The highest BCUT2D eigenvalue weighted by molar-refractivity contribution is 7.92. The predicted octanol–water partition coefficient (Wildman–Crippen LogP) is 3.72. The third-order valence-corrected chi connectivity index (χ3v) is 4.85. The summed E-state index contributed by atoms with van der Waals surface area (Å²) >= 11 is 11.4.